The summed E-state index contributed by atoms with van der Waals surface area (Å²) in [5.74, 6) is -0.0373. The lowest BCUT2D eigenvalue weighted by atomic mass is 10.1. The Morgan fingerprint density at radius 3 is 2.50 bits per heavy atom. The van der Waals surface area contributed by atoms with Crippen LogP contribution in [-0.4, -0.2) is 18.4 Å². The minimum Gasteiger partial charge on any atom is -0.489 e. The largest absolute Gasteiger partial charge is 0.489 e. The Morgan fingerprint density at radius 1 is 1.03 bits per heavy atom. The summed E-state index contributed by atoms with van der Waals surface area (Å²) < 4.78 is 5.77. The Bertz CT molecular complexity index is 1210. The molecule has 34 heavy (non-hydrogen) atoms. The highest BCUT2D eigenvalue weighted by Crippen LogP contribution is 2.27. The number of hydrazine groups is 1. The minimum atomic E-state index is -0.423. The van der Waals surface area contributed by atoms with E-state index in [1.54, 1.807) is 41.3 Å². The molecule has 0 bridgehead atoms. The zero-order valence-corrected chi connectivity index (χ0v) is 20.4. The fourth-order valence-electron chi connectivity index (χ4n) is 3.70. The number of rotatable bonds is 7. The fraction of sp³-hybridized carbons (Fsp3) is 0.231. The summed E-state index contributed by atoms with van der Waals surface area (Å²) in [6.07, 6.45) is 0.181. The normalized spacial score (nSPS) is 15.4. The average Bonchev–Trinajstić information content (AvgIpc) is 3.21. The van der Waals surface area contributed by atoms with Crippen LogP contribution in [-0.2, 0) is 16.2 Å². The van der Waals surface area contributed by atoms with Crippen molar-refractivity contribution in [1.82, 2.24) is 5.43 Å². The van der Waals surface area contributed by atoms with Gasteiger partial charge in [-0.05, 0) is 73.5 Å². The van der Waals surface area contributed by atoms with Gasteiger partial charge in [0.1, 0.15) is 12.4 Å². The zero-order chi connectivity index (χ0) is 24.2. The average molecular weight is 498 g/mol. The van der Waals surface area contributed by atoms with Crippen LogP contribution in [0.1, 0.15) is 23.1 Å². The van der Waals surface area contributed by atoms with Crippen LogP contribution >= 0.6 is 23.2 Å². The van der Waals surface area contributed by atoms with Gasteiger partial charge in [0, 0.05) is 34.3 Å². The Kier molecular flexibility index (Phi) is 7.29. The van der Waals surface area contributed by atoms with E-state index in [1.165, 1.54) is 5.56 Å². The van der Waals surface area contributed by atoms with Crippen molar-refractivity contribution in [2.75, 3.05) is 16.9 Å². The molecule has 1 fully saturated rings. The number of carbonyl (C=O) groups is 2. The molecule has 2 N–H and O–H groups in total. The van der Waals surface area contributed by atoms with Crippen molar-refractivity contribution >= 4 is 46.4 Å². The number of carbonyl (C=O) groups excluding carboxylic acids is 2. The first-order chi connectivity index (χ1) is 16.3. The van der Waals surface area contributed by atoms with Crippen LogP contribution in [0.4, 0.5) is 11.4 Å². The number of amides is 2. The van der Waals surface area contributed by atoms with Crippen molar-refractivity contribution in [3.8, 4) is 5.75 Å². The van der Waals surface area contributed by atoms with Gasteiger partial charge in [-0.25, -0.2) is 0 Å². The standard InChI is InChI=1S/C26H25Cl2N3O3/c1-16-3-8-22(11-17(16)2)31-14-19(12-25(31)32)26(33)30-29-21-6-9-23(10-7-21)34-15-18-4-5-20(27)13-24(18)28/h3-11,13,19,29H,12,14-15H2,1-2H3,(H,30,33)/t19-/m0/s1. The molecule has 3 aromatic carbocycles. The smallest absolute Gasteiger partial charge is 0.243 e. The van der Waals surface area contributed by atoms with Crippen molar-refractivity contribution < 1.29 is 14.3 Å². The molecule has 4 rings (SSSR count). The molecular weight excluding hydrogens is 473 g/mol. The van der Waals surface area contributed by atoms with E-state index in [4.69, 9.17) is 27.9 Å². The molecule has 0 spiro atoms. The maximum absolute atomic E-state index is 12.6. The summed E-state index contributed by atoms with van der Waals surface area (Å²) in [6.45, 7) is 4.71. The minimum absolute atomic E-state index is 0.0503. The predicted molar refractivity (Wildman–Crippen MR) is 135 cm³/mol. The van der Waals surface area contributed by atoms with E-state index in [1.807, 2.05) is 38.1 Å². The van der Waals surface area contributed by atoms with Crippen LogP contribution in [0.5, 0.6) is 5.75 Å². The molecule has 0 aliphatic carbocycles. The zero-order valence-electron chi connectivity index (χ0n) is 18.9. The third-order valence-corrected chi connectivity index (χ3v) is 6.48. The summed E-state index contributed by atoms with van der Waals surface area (Å²) in [5.41, 5.74) is 10.2. The van der Waals surface area contributed by atoms with E-state index < -0.39 is 5.92 Å². The van der Waals surface area contributed by atoms with Crippen molar-refractivity contribution in [3.63, 3.8) is 0 Å². The molecule has 1 heterocycles. The second-order valence-corrected chi connectivity index (χ2v) is 9.18. The number of nitrogens with zero attached hydrogens (tertiary/aromatic N) is 1. The molecule has 0 saturated carbocycles. The van der Waals surface area contributed by atoms with Gasteiger partial charge in [-0.3, -0.25) is 20.4 Å². The summed E-state index contributed by atoms with van der Waals surface area (Å²) in [6, 6.07) is 18.3. The Morgan fingerprint density at radius 2 is 1.79 bits per heavy atom. The maximum atomic E-state index is 12.6. The molecule has 1 aliphatic rings. The number of hydrogen-bond donors (Lipinski definition) is 2. The van der Waals surface area contributed by atoms with E-state index in [9.17, 15) is 9.59 Å². The van der Waals surface area contributed by atoms with Crippen LogP contribution in [0.15, 0.2) is 60.7 Å². The third-order valence-electron chi connectivity index (χ3n) is 5.89. The van der Waals surface area contributed by atoms with E-state index in [0.717, 1.165) is 16.8 Å². The van der Waals surface area contributed by atoms with Crippen LogP contribution in [0, 0.1) is 19.8 Å². The molecule has 1 atom stereocenters. The Labute approximate surface area is 208 Å². The second kappa shape index (κ2) is 10.4. The van der Waals surface area contributed by atoms with Crippen molar-refractivity contribution in [1.29, 1.82) is 0 Å². The molecule has 1 saturated heterocycles. The first-order valence-electron chi connectivity index (χ1n) is 10.9. The number of ether oxygens (including phenoxy) is 1. The van der Waals surface area contributed by atoms with E-state index in [0.29, 0.717) is 34.6 Å². The van der Waals surface area contributed by atoms with Gasteiger partial charge in [0.2, 0.25) is 11.8 Å². The lowest BCUT2D eigenvalue weighted by molar-refractivity contribution is -0.125. The Hall–Kier alpha value is -3.22. The molecule has 0 aromatic heterocycles. The number of hydrogen-bond acceptors (Lipinski definition) is 4. The van der Waals surface area contributed by atoms with Crippen molar-refractivity contribution in [2.24, 2.45) is 5.92 Å². The predicted octanol–water partition coefficient (Wildman–Crippen LogP) is 5.69. The van der Waals surface area contributed by atoms with Crippen molar-refractivity contribution in [2.45, 2.75) is 26.9 Å². The monoisotopic (exact) mass is 497 g/mol. The van der Waals surface area contributed by atoms with Gasteiger partial charge >= 0.3 is 0 Å². The van der Waals surface area contributed by atoms with Gasteiger partial charge in [0.05, 0.1) is 11.6 Å². The van der Waals surface area contributed by atoms with Crippen molar-refractivity contribution in [3.05, 3.63) is 87.4 Å². The number of nitrogens with one attached hydrogen (secondary N) is 2. The molecule has 2 amide bonds. The molecule has 176 valence electrons. The highest BCUT2D eigenvalue weighted by Gasteiger charge is 2.35. The quantitative estimate of drug-likeness (QED) is 0.411. The first kappa shape index (κ1) is 23.9. The number of benzene rings is 3. The SMILES string of the molecule is Cc1ccc(N2C[C@@H](C(=O)NNc3ccc(OCc4ccc(Cl)cc4Cl)cc3)CC2=O)cc1C. The second-order valence-electron chi connectivity index (χ2n) is 8.34. The Balaban J connectivity index is 1.28. The lowest BCUT2D eigenvalue weighted by Gasteiger charge is -2.18. The van der Waals surface area contributed by atoms with Gasteiger partial charge < -0.3 is 9.64 Å². The molecule has 8 heteroatoms. The van der Waals surface area contributed by atoms with Crippen LogP contribution in [0.2, 0.25) is 10.0 Å². The van der Waals surface area contributed by atoms with Crippen LogP contribution in [0.3, 0.4) is 0 Å². The molecule has 0 unspecified atom stereocenters. The van der Waals surface area contributed by atoms with E-state index >= 15 is 0 Å². The first-order valence-corrected chi connectivity index (χ1v) is 11.7. The molecular formula is C26H25Cl2N3O3. The van der Waals surface area contributed by atoms with E-state index in [2.05, 4.69) is 10.9 Å². The van der Waals surface area contributed by atoms with Crippen LogP contribution < -0.4 is 20.5 Å². The topological polar surface area (TPSA) is 70.7 Å². The van der Waals surface area contributed by atoms with Gasteiger partial charge in [-0.2, -0.15) is 0 Å². The summed E-state index contributed by atoms with van der Waals surface area (Å²) in [4.78, 5) is 26.8. The molecule has 6 nitrogen and oxygen atoms in total. The summed E-state index contributed by atoms with van der Waals surface area (Å²) in [7, 11) is 0. The molecule has 0 radical (unpaired) electrons. The van der Waals surface area contributed by atoms with Gasteiger partial charge in [-0.15, -0.1) is 0 Å². The highest BCUT2D eigenvalue weighted by molar-refractivity contribution is 6.35. The molecule has 1 aliphatic heterocycles. The number of aryl methyl sites for hydroxylation is 2. The van der Waals surface area contributed by atoms with Gasteiger partial charge in [0.25, 0.3) is 0 Å². The maximum Gasteiger partial charge on any atom is 0.243 e. The van der Waals surface area contributed by atoms with E-state index in [-0.39, 0.29) is 18.2 Å². The lowest BCUT2D eigenvalue weighted by Crippen LogP contribution is -2.36. The highest BCUT2D eigenvalue weighted by atomic mass is 35.5. The van der Waals surface area contributed by atoms with Crippen LogP contribution in [0.25, 0.3) is 0 Å². The number of anilines is 2. The summed E-state index contributed by atoms with van der Waals surface area (Å²) in [5, 5.41) is 1.13. The number of halogens is 2. The molecule has 3 aromatic rings. The summed E-state index contributed by atoms with van der Waals surface area (Å²) >= 11 is 12.1. The third kappa shape index (κ3) is 5.64. The van der Waals surface area contributed by atoms with Gasteiger partial charge in [0.15, 0.2) is 0 Å². The fourth-order valence-corrected chi connectivity index (χ4v) is 4.16. The van der Waals surface area contributed by atoms with Gasteiger partial charge in [-0.1, -0.05) is 35.3 Å².